The Labute approximate surface area is 128 Å². The van der Waals surface area contributed by atoms with Crippen molar-refractivity contribution in [1.82, 2.24) is 5.32 Å². The Morgan fingerprint density at radius 3 is 2.62 bits per heavy atom. The molecule has 0 radical (unpaired) electrons. The Hall–Kier alpha value is -1.80. The molecule has 112 valence electrons. The van der Waals surface area contributed by atoms with Crippen LogP contribution in [0.15, 0.2) is 48.5 Å². The molecule has 0 unspecified atom stereocenters. The lowest BCUT2D eigenvalue weighted by Crippen LogP contribution is -2.18. The zero-order valence-electron chi connectivity index (χ0n) is 13.2. The summed E-state index contributed by atoms with van der Waals surface area (Å²) >= 11 is 0. The number of aryl methyl sites for hydroxylation is 1. The van der Waals surface area contributed by atoms with Gasteiger partial charge in [0.05, 0.1) is 6.10 Å². The predicted molar refractivity (Wildman–Crippen MR) is 88.8 cm³/mol. The van der Waals surface area contributed by atoms with E-state index in [1.165, 1.54) is 16.7 Å². The van der Waals surface area contributed by atoms with E-state index in [4.69, 9.17) is 4.74 Å². The van der Waals surface area contributed by atoms with E-state index in [0.29, 0.717) is 0 Å². The third-order valence-electron chi connectivity index (χ3n) is 3.32. The predicted octanol–water partition coefficient (Wildman–Crippen LogP) is 4.11. The van der Waals surface area contributed by atoms with Gasteiger partial charge < -0.3 is 10.1 Å². The van der Waals surface area contributed by atoms with E-state index in [0.717, 1.165) is 25.3 Å². The SMILES string of the molecule is Cc1cccc(CCNCc2ccccc2OC(C)C)c1. The molecule has 0 atom stereocenters. The van der Waals surface area contributed by atoms with Gasteiger partial charge in [0, 0.05) is 12.1 Å². The normalized spacial score (nSPS) is 10.9. The Morgan fingerprint density at radius 1 is 1.05 bits per heavy atom. The number of rotatable bonds is 7. The molecule has 0 saturated heterocycles. The van der Waals surface area contributed by atoms with Crippen molar-refractivity contribution in [3.63, 3.8) is 0 Å². The second-order valence-electron chi connectivity index (χ2n) is 5.69. The van der Waals surface area contributed by atoms with Gasteiger partial charge in [-0.25, -0.2) is 0 Å². The van der Waals surface area contributed by atoms with E-state index in [9.17, 15) is 0 Å². The fraction of sp³-hybridized carbons (Fsp3) is 0.368. The van der Waals surface area contributed by atoms with Crippen LogP contribution in [0.5, 0.6) is 5.75 Å². The second-order valence-corrected chi connectivity index (χ2v) is 5.69. The minimum atomic E-state index is 0.207. The first kappa shape index (κ1) is 15.6. The van der Waals surface area contributed by atoms with E-state index in [2.05, 4.69) is 62.5 Å². The summed E-state index contributed by atoms with van der Waals surface area (Å²) < 4.78 is 5.84. The molecule has 0 aliphatic carbocycles. The zero-order chi connectivity index (χ0) is 15.1. The molecule has 1 N–H and O–H groups in total. The van der Waals surface area contributed by atoms with Gasteiger partial charge in [-0.05, 0) is 45.4 Å². The third-order valence-corrected chi connectivity index (χ3v) is 3.32. The molecule has 0 aliphatic rings. The first-order valence-electron chi connectivity index (χ1n) is 7.66. The average molecular weight is 283 g/mol. The molecule has 0 spiro atoms. The van der Waals surface area contributed by atoms with E-state index < -0.39 is 0 Å². The molecule has 0 saturated carbocycles. The van der Waals surface area contributed by atoms with Crippen molar-refractivity contribution in [1.29, 1.82) is 0 Å². The van der Waals surface area contributed by atoms with Crippen molar-refractivity contribution in [2.24, 2.45) is 0 Å². The number of hydrogen-bond acceptors (Lipinski definition) is 2. The number of ether oxygens (including phenoxy) is 1. The van der Waals surface area contributed by atoms with E-state index >= 15 is 0 Å². The topological polar surface area (TPSA) is 21.3 Å². The van der Waals surface area contributed by atoms with Gasteiger partial charge in [0.15, 0.2) is 0 Å². The molecule has 21 heavy (non-hydrogen) atoms. The van der Waals surface area contributed by atoms with Crippen LogP contribution in [-0.2, 0) is 13.0 Å². The Kier molecular flexibility index (Phi) is 5.82. The number of para-hydroxylation sites is 1. The van der Waals surface area contributed by atoms with Crippen LogP contribution in [-0.4, -0.2) is 12.6 Å². The molecular weight excluding hydrogens is 258 g/mol. The molecule has 2 heteroatoms. The van der Waals surface area contributed by atoms with Crippen molar-refractivity contribution >= 4 is 0 Å². The first-order valence-corrected chi connectivity index (χ1v) is 7.66. The number of benzene rings is 2. The summed E-state index contributed by atoms with van der Waals surface area (Å²) in [5, 5.41) is 3.50. The summed E-state index contributed by atoms with van der Waals surface area (Å²) in [4.78, 5) is 0. The van der Waals surface area contributed by atoms with E-state index in [1.54, 1.807) is 0 Å². The van der Waals surface area contributed by atoms with E-state index in [-0.39, 0.29) is 6.10 Å². The largest absolute Gasteiger partial charge is 0.491 e. The van der Waals surface area contributed by atoms with Crippen molar-refractivity contribution in [2.45, 2.75) is 39.8 Å². The maximum Gasteiger partial charge on any atom is 0.124 e. The van der Waals surface area contributed by atoms with Crippen LogP contribution in [0.25, 0.3) is 0 Å². The fourth-order valence-electron chi connectivity index (χ4n) is 2.34. The molecule has 0 fully saturated rings. The summed E-state index contributed by atoms with van der Waals surface area (Å²) in [6, 6.07) is 16.9. The van der Waals surface area contributed by atoms with Crippen LogP contribution in [0.3, 0.4) is 0 Å². The molecule has 2 nitrogen and oxygen atoms in total. The van der Waals surface area contributed by atoms with Crippen molar-refractivity contribution in [2.75, 3.05) is 6.54 Å². The summed E-state index contributed by atoms with van der Waals surface area (Å²) in [5.41, 5.74) is 3.92. The van der Waals surface area contributed by atoms with Gasteiger partial charge in [-0.1, -0.05) is 48.0 Å². The molecule has 0 heterocycles. The summed E-state index contributed by atoms with van der Waals surface area (Å²) in [5.74, 6) is 0.982. The molecular formula is C19H25NO. The van der Waals surface area contributed by atoms with E-state index in [1.807, 2.05) is 12.1 Å². The Bertz CT molecular complexity index is 563. The summed E-state index contributed by atoms with van der Waals surface area (Å²) in [6.45, 7) is 8.06. The first-order chi connectivity index (χ1) is 10.1. The monoisotopic (exact) mass is 283 g/mol. The standard InChI is InChI=1S/C19H25NO/c1-15(2)21-19-10-5-4-9-18(19)14-20-12-11-17-8-6-7-16(3)13-17/h4-10,13,15,20H,11-12,14H2,1-3H3. The molecule has 2 rings (SSSR count). The quantitative estimate of drug-likeness (QED) is 0.772. The van der Waals surface area contributed by atoms with Crippen molar-refractivity contribution < 1.29 is 4.74 Å². The Morgan fingerprint density at radius 2 is 1.86 bits per heavy atom. The highest BCUT2D eigenvalue weighted by Crippen LogP contribution is 2.19. The molecule has 2 aromatic rings. The number of nitrogens with one attached hydrogen (secondary N) is 1. The highest BCUT2D eigenvalue weighted by Gasteiger charge is 2.04. The van der Waals surface area contributed by atoms with Crippen molar-refractivity contribution in [3.8, 4) is 5.75 Å². The molecule has 2 aromatic carbocycles. The van der Waals surface area contributed by atoms with Crippen LogP contribution in [0, 0.1) is 6.92 Å². The van der Waals surface area contributed by atoms with Crippen LogP contribution >= 0.6 is 0 Å². The summed E-state index contributed by atoms with van der Waals surface area (Å²) in [6.07, 6.45) is 1.26. The maximum atomic E-state index is 5.84. The van der Waals surface area contributed by atoms with Crippen molar-refractivity contribution in [3.05, 3.63) is 65.2 Å². The van der Waals surface area contributed by atoms with Gasteiger partial charge in [0.2, 0.25) is 0 Å². The second kappa shape index (κ2) is 7.84. The van der Waals surface area contributed by atoms with Gasteiger partial charge in [-0.2, -0.15) is 0 Å². The molecule has 0 aromatic heterocycles. The van der Waals surface area contributed by atoms with Gasteiger partial charge in [-0.15, -0.1) is 0 Å². The number of hydrogen-bond donors (Lipinski definition) is 1. The molecule has 0 amide bonds. The third kappa shape index (κ3) is 5.24. The highest BCUT2D eigenvalue weighted by molar-refractivity contribution is 5.33. The average Bonchev–Trinajstić information content (AvgIpc) is 2.45. The fourth-order valence-corrected chi connectivity index (χ4v) is 2.34. The smallest absolute Gasteiger partial charge is 0.124 e. The lowest BCUT2D eigenvalue weighted by Gasteiger charge is -2.14. The minimum absolute atomic E-state index is 0.207. The van der Waals surface area contributed by atoms with Gasteiger partial charge in [-0.3, -0.25) is 0 Å². The van der Waals surface area contributed by atoms with Crippen LogP contribution in [0.4, 0.5) is 0 Å². The molecule has 0 bridgehead atoms. The lowest BCUT2D eigenvalue weighted by molar-refractivity contribution is 0.239. The zero-order valence-corrected chi connectivity index (χ0v) is 13.2. The van der Waals surface area contributed by atoms with Crippen LogP contribution in [0.2, 0.25) is 0 Å². The summed E-state index contributed by atoms with van der Waals surface area (Å²) in [7, 11) is 0. The minimum Gasteiger partial charge on any atom is -0.491 e. The maximum absolute atomic E-state index is 5.84. The van der Waals surface area contributed by atoms with Gasteiger partial charge in [0.1, 0.15) is 5.75 Å². The van der Waals surface area contributed by atoms with Gasteiger partial charge >= 0.3 is 0 Å². The lowest BCUT2D eigenvalue weighted by atomic mass is 10.1. The van der Waals surface area contributed by atoms with Crippen LogP contribution < -0.4 is 10.1 Å². The van der Waals surface area contributed by atoms with Gasteiger partial charge in [0.25, 0.3) is 0 Å². The highest BCUT2D eigenvalue weighted by atomic mass is 16.5. The van der Waals surface area contributed by atoms with Crippen LogP contribution in [0.1, 0.15) is 30.5 Å². The molecule has 0 aliphatic heterocycles. The Balaban J connectivity index is 1.83.